The van der Waals surface area contributed by atoms with E-state index in [1.54, 1.807) is 0 Å². The number of benzene rings is 1. The summed E-state index contributed by atoms with van der Waals surface area (Å²) in [5, 5.41) is 18.4. The third-order valence-corrected chi connectivity index (χ3v) is 4.69. The monoisotopic (exact) mass is 364 g/mol. The summed E-state index contributed by atoms with van der Waals surface area (Å²) in [6.45, 7) is 3.08. The van der Waals surface area contributed by atoms with Crippen molar-refractivity contribution in [2.45, 2.75) is 12.5 Å². The second kappa shape index (κ2) is 9.51. The minimum Gasteiger partial charge on any atom is -0.480 e. The van der Waals surface area contributed by atoms with Crippen LogP contribution in [0.15, 0.2) is 24.3 Å². The molecular formula is C18H28N4O4. The Labute approximate surface area is 153 Å². The molecule has 1 aliphatic heterocycles. The zero-order valence-corrected chi connectivity index (χ0v) is 15.2. The second-order valence-corrected chi connectivity index (χ2v) is 6.90. The summed E-state index contributed by atoms with van der Waals surface area (Å²) in [6, 6.07) is 7.67. The number of nitrogens with zero attached hydrogens (tertiary/aromatic N) is 3. The molecule has 0 saturated carbocycles. The van der Waals surface area contributed by atoms with E-state index in [4.69, 9.17) is 10.8 Å². The second-order valence-electron chi connectivity index (χ2n) is 6.90. The normalized spacial score (nSPS) is 20.9. The summed E-state index contributed by atoms with van der Waals surface area (Å²) in [5.41, 5.74) is 7.55. The molecule has 1 saturated heterocycles. The van der Waals surface area contributed by atoms with Crippen molar-refractivity contribution in [2.24, 2.45) is 0 Å². The van der Waals surface area contributed by atoms with E-state index in [2.05, 4.69) is 4.90 Å². The molecule has 1 unspecified atom stereocenters. The highest BCUT2D eigenvalue weighted by Crippen LogP contribution is 2.14. The molecule has 0 spiro atoms. The van der Waals surface area contributed by atoms with Crippen LogP contribution in [0.25, 0.3) is 0 Å². The molecule has 1 aliphatic rings. The van der Waals surface area contributed by atoms with Crippen molar-refractivity contribution in [1.82, 2.24) is 14.7 Å². The van der Waals surface area contributed by atoms with Crippen LogP contribution >= 0.6 is 0 Å². The molecular weight excluding hydrogens is 336 g/mol. The van der Waals surface area contributed by atoms with Gasteiger partial charge in [0.25, 0.3) is 0 Å². The Morgan fingerprint density at radius 1 is 1.04 bits per heavy atom. The van der Waals surface area contributed by atoms with Crippen LogP contribution in [0.1, 0.15) is 5.56 Å². The van der Waals surface area contributed by atoms with Crippen LogP contribution in [0.3, 0.4) is 0 Å². The lowest BCUT2D eigenvalue weighted by Gasteiger charge is -2.32. The molecule has 0 bridgehead atoms. The Morgan fingerprint density at radius 2 is 1.65 bits per heavy atom. The van der Waals surface area contributed by atoms with Crippen LogP contribution < -0.4 is 5.73 Å². The lowest BCUT2D eigenvalue weighted by Crippen LogP contribution is -2.47. The predicted octanol–water partition coefficient (Wildman–Crippen LogP) is -0.101. The van der Waals surface area contributed by atoms with Gasteiger partial charge in [-0.05, 0) is 31.2 Å². The molecule has 0 amide bonds. The van der Waals surface area contributed by atoms with Gasteiger partial charge >= 0.3 is 11.9 Å². The third kappa shape index (κ3) is 6.62. The summed E-state index contributed by atoms with van der Waals surface area (Å²) in [4.78, 5) is 28.3. The first-order valence-corrected chi connectivity index (χ1v) is 8.76. The molecule has 26 heavy (non-hydrogen) atoms. The molecule has 1 aromatic rings. The summed E-state index contributed by atoms with van der Waals surface area (Å²) in [6.07, 6.45) is 0.719. The molecule has 1 atom stereocenters. The van der Waals surface area contributed by atoms with Crippen LogP contribution in [-0.2, 0) is 16.0 Å². The van der Waals surface area contributed by atoms with Gasteiger partial charge < -0.3 is 20.8 Å². The van der Waals surface area contributed by atoms with Crippen LogP contribution in [0, 0.1) is 0 Å². The number of hydrogen-bond acceptors (Lipinski definition) is 6. The Kier molecular flexibility index (Phi) is 7.38. The van der Waals surface area contributed by atoms with Crippen molar-refractivity contribution in [3.63, 3.8) is 0 Å². The van der Waals surface area contributed by atoms with Crippen LogP contribution in [0.2, 0.25) is 0 Å². The van der Waals surface area contributed by atoms with E-state index in [0.29, 0.717) is 25.3 Å². The summed E-state index contributed by atoms with van der Waals surface area (Å²) in [7, 11) is 1.99. The summed E-state index contributed by atoms with van der Waals surface area (Å²) < 4.78 is 0. The lowest BCUT2D eigenvalue weighted by molar-refractivity contribution is -0.140. The average molecular weight is 364 g/mol. The van der Waals surface area contributed by atoms with Gasteiger partial charge in [0, 0.05) is 44.5 Å². The van der Waals surface area contributed by atoms with E-state index in [0.717, 1.165) is 25.1 Å². The number of carbonyl (C=O) groups is 2. The van der Waals surface area contributed by atoms with E-state index >= 15 is 0 Å². The van der Waals surface area contributed by atoms with Gasteiger partial charge in [-0.25, -0.2) is 0 Å². The van der Waals surface area contributed by atoms with Gasteiger partial charge in [0.15, 0.2) is 0 Å². The first kappa shape index (κ1) is 20.2. The third-order valence-electron chi connectivity index (χ3n) is 4.69. The smallest absolute Gasteiger partial charge is 0.317 e. The first-order valence-electron chi connectivity index (χ1n) is 8.76. The molecule has 0 aromatic heterocycles. The lowest BCUT2D eigenvalue weighted by atomic mass is 10.0. The molecule has 8 nitrogen and oxygen atoms in total. The van der Waals surface area contributed by atoms with Gasteiger partial charge in [-0.2, -0.15) is 0 Å². The van der Waals surface area contributed by atoms with Crippen molar-refractivity contribution in [2.75, 3.05) is 58.6 Å². The molecule has 144 valence electrons. The van der Waals surface area contributed by atoms with Crippen LogP contribution in [-0.4, -0.2) is 95.8 Å². The highest BCUT2D eigenvalue weighted by Gasteiger charge is 2.25. The quantitative estimate of drug-likeness (QED) is 0.600. The van der Waals surface area contributed by atoms with E-state index in [9.17, 15) is 14.7 Å². The number of carboxylic acid groups (broad SMARTS) is 2. The Bertz CT molecular complexity index is 608. The number of likely N-dealkylation sites (N-methyl/N-ethyl adjacent to an activating group) is 1. The van der Waals surface area contributed by atoms with Gasteiger partial charge in [0.05, 0.1) is 13.1 Å². The molecule has 4 N–H and O–H groups in total. The number of anilines is 1. The first-order chi connectivity index (χ1) is 12.3. The Morgan fingerprint density at radius 3 is 2.27 bits per heavy atom. The number of carboxylic acids is 2. The van der Waals surface area contributed by atoms with Crippen LogP contribution in [0.5, 0.6) is 0 Å². The topological polar surface area (TPSA) is 110 Å². The Balaban J connectivity index is 2.16. The maximum absolute atomic E-state index is 11.4. The summed E-state index contributed by atoms with van der Waals surface area (Å²) >= 11 is 0. The standard InChI is InChI=1S/C18H28N4O4/c1-20-6-7-21(12-17(23)24)8-9-22(13-18(25)26)16(11-20)10-14-2-4-15(19)5-3-14/h2-5,16H,6-13,19H2,1H3,(H,23,24)(H,25,26). The van der Waals surface area contributed by atoms with Crippen molar-refractivity contribution in [1.29, 1.82) is 0 Å². The number of hydrogen-bond donors (Lipinski definition) is 3. The molecule has 0 aliphatic carbocycles. The van der Waals surface area contributed by atoms with E-state index in [1.807, 2.05) is 41.1 Å². The van der Waals surface area contributed by atoms with E-state index < -0.39 is 11.9 Å². The van der Waals surface area contributed by atoms with Crippen LogP contribution in [0.4, 0.5) is 5.69 Å². The van der Waals surface area contributed by atoms with Crippen molar-refractivity contribution < 1.29 is 19.8 Å². The largest absolute Gasteiger partial charge is 0.480 e. The molecule has 8 heteroatoms. The minimum absolute atomic E-state index is 0.0304. The molecule has 1 aromatic carbocycles. The summed E-state index contributed by atoms with van der Waals surface area (Å²) in [5.74, 6) is -1.74. The minimum atomic E-state index is -0.876. The van der Waals surface area contributed by atoms with Gasteiger partial charge in [-0.1, -0.05) is 12.1 Å². The number of rotatable bonds is 6. The fraction of sp³-hybridized carbons (Fsp3) is 0.556. The zero-order valence-electron chi connectivity index (χ0n) is 15.2. The highest BCUT2D eigenvalue weighted by atomic mass is 16.4. The highest BCUT2D eigenvalue weighted by molar-refractivity contribution is 5.69. The maximum atomic E-state index is 11.4. The molecule has 1 fully saturated rings. The fourth-order valence-corrected chi connectivity index (χ4v) is 3.29. The van der Waals surface area contributed by atoms with Gasteiger partial charge in [-0.15, -0.1) is 0 Å². The Hall–Kier alpha value is -2.16. The van der Waals surface area contributed by atoms with Crippen molar-refractivity contribution >= 4 is 17.6 Å². The molecule has 0 radical (unpaired) electrons. The van der Waals surface area contributed by atoms with Gasteiger partial charge in [0.2, 0.25) is 0 Å². The van der Waals surface area contributed by atoms with Crippen molar-refractivity contribution in [3.8, 4) is 0 Å². The van der Waals surface area contributed by atoms with E-state index in [1.165, 1.54) is 0 Å². The SMILES string of the molecule is CN1CCN(CC(=O)O)CCN(CC(=O)O)C(Cc2ccc(N)cc2)C1. The van der Waals surface area contributed by atoms with Crippen molar-refractivity contribution in [3.05, 3.63) is 29.8 Å². The average Bonchev–Trinajstić information content (AvgIpc) is 2.62. The zero-order chi connectivity index (χ0) is 19.1. The molecule has 1 heterocycles. The van der Waals surface area contributed by atoms with E-state index in [-0.39, 0.29) is 19.1 Å². The van der Waals surface area contributed by atoms with Gasteiger partial charge in [-0.3, -0.25) is 19.4 Å². The number of nitrogens with two attached hydrogens (primary N) is 1. The number of nitrogen functional groups attached to an aromatic ring is 1. The van der Waals surface area contributed by atoms with Gasteiger partial charge in [0.1, 0.15) is 0 Å². The fourth-order valence-electron chi connectivity index (χ4n) is 3.29. The number of aliphatic carboxylic acids is 2. The molecule has 2 rings (SSSR count). The predicted molar refractivity (Wildman–Crippen MR) is 99.1 cm³/mol. The maximum Gasteiger partial charge on any atom is 0.317 e.